The number of benzene rings is 1. The molecule has 4 rings (SSSR count). The molecule has 3 aromatic rings. The van der Waals surface area contributed by atoms with Crippen molar-refractivity contribution in [1.82, 2.24) is 24.9 Å². The number of rotatable bonds is 5. The number of carbonyl (C=O) groups is 2. The quantitative estimate of drug-likeness (QED) is 0.575. The average Bonchev–Trinajstić information content (AvgIpc) is 3.42. The number of hydrogen-bond acceptors (Lipinski definition) is 5. The van der Waals surface area contributed by atoms with Gasteiger partial charge in [-0.1, -0.05) is 0 Å². The second-order valence-corrected chi connectivity index (χ2v) is 6.86. The Morgan fingerprint density at radius 2 is 1.97 bits per heavy atom. The third-order valence-corrected chi connectivity index (χ3v) is 4.94. The van der Waals surface area contributed by atoms with Crippen molar-refractivity contribution in [2.45, 2.75) is 5.92 Å². The van der Waals surface area contributed by atoms with E-state index >= 15 is 0 Å². The topological polar surface area (TPSA) is 120 Å². The van der Waals surface area contributed by atoms with E-state index in [0.29, 0.717) is 12.2 Å². The number of amides is 2. The SMILES string of the molecule is Cl.Cn1cc([C@H]2CNC[C@@H]2C(=O)Nc2ccc(-n3ccc(C(N)=O)n3)cc2)cn1. The fourth-order valence-electron chi connectivity index (χ4n) is 3.47. The van der Waals surface area contributed by atoms with Crippen LogP contribution in [0.1, 0.15) is 22.0 Å². The van der Waals surface area contributed by atoms with E-state index in [1.165, 1.54) is 0 Å². The summed E-state index contributed by atoms with van der Waals surface area (Å²) in [5, 5.41) is 14.6. The maximum absolute atomic E-state index is 12.8. The fourth-order valence-corrected chi connectivity index (χ4v) is 3.47. The maximum atomic E-state index is 12.8. The van der Waals surface area contributed by atoms with Crippen molar-refractivity contribution in [3.8, 4) is 5.69 Å². The Morgan fingerprint density at radius 1 is 1.21 bits per heavy atom. The number of carbonyl (C=O) groups excluding carboxylic acids is 2. The van der Waals surface area contributed by atoms with E-state index in [-0.39, 0.29) is 35.8 Å². The molecule has 3 heterocycles. The van der Waals surface area contributed by atoms with E-state index in [0.717, 1.165) is 17.8 Å². The molecule has 1 aliphatic rings. The van der Waals surface area contributed by atoms with Crippen LogP contribution in [0, 0.1) is 5.92 Å². The highest BCUT2D eigenvalue weighted by atomic mass is 35.5. The average molecular weight is 416 g/mol. The van der Waals surface area contributed by atoms with E-state index < -0.39 is 5.91 Å². The highest BCUT2D eigenvalue weighted by Crippen LogP contribution is 2.29. The number of halogens is 1. The minimum atomic E-state index is -0.573. The van der Waals surface area contributed by atoms with Gasteiger partial charge in [-0.2, -0.15) is 10.2 Å². The zero-order chi connectivity index (χ0) is 19.7. The number of aryl methyl sites for hydroxylation is 1. The smallest absolute Gasteiger partial charge is 0.269 e. The van der Waals surface area contributed by atoms with Gasteiger partial charge >= 0.3 is 0 Å². The zero-order valence-electron chi connectivity index (χ0n) is 15.8. The van der Waals surface area contributed by atoms with Gasteiger partial charge in [-0.3, -0.25) is 14.3 Å². The van der Waals surface area contributed by atoms with Gasteiger partial charge in [-0.15, -0.1) is 12.4 Å². The van der Waals surface area contributed by atoms with Gasteiger partial charge in [-0.25, -0.2) is 4.68 Å². The van der Waals surface area contributed by atoms with Crippen LogP contribution in [-0.2, 0) is 11.8 Å². The van der Waals surface area contributed by atoms with Gasteiger partial charge in [-0.05, 0) is 35.9 Å². The molecule has 1 aliphatic heterocycles. The van der Waals surface area contributed by atoms with Crippen molar-refractivity contribution in [3.05, 3.63) is 60.2 Å². The van der Waals surface area contributed by atoms with Crippen molar-refractivity contribution in [2.75, 3.05) is 18.4 Å². The lowest BCUT2D eigenvalue weighted by Crippen LogP contribution is -2.28. The van der Waals surface area contributed by atoms with Crippen LogP contribution in [-0.4, -0.2) is 44.5 Å². The number of anilines is 1. The molecule has 0 saturated carbocycles. The van der Waals surface area contributed by atoms with E-state index in [2.05, 4.69) is 20.8 Å². The summed E-state index contributed by atoms with van der Waals surface area (Å²) in [6.07, 6.45) is 5.44. The Hall–Kier alpha value is -3.17. The largest absolute Gasteiger partial charge is 0.364 e. The molecule has 1 fully saturated rings. The molecule has 0 aliphatic carbocycles. The summed E-state index contributed by atoms with van der Waals surface area (Å²) in [6, 6.07) is 8.81. The van der Waals surface area contributed by atoms with Crippen LogP contribution in [0.25, 0.3) is 5.69 Å². The Kier molecular flexibility index (Phi) is 6.00. The lowest BCUT2D eigenvalue weighted by molar-refractivity contribution is -0.119. The van der Waals surface area contributed by atoms with Crippen molar-refractivity contribution in [1.29, 1.82) is 0 Å². The van der Waals surface area contributed by atoms with Crippen molar-refractivity contribution < 1.29 is 9.59 Å². The molecule has 1 saturated heterocycles. The van der Waals surface area contributed by atoms with Crippen LogP contribution in [0.3, 0.4) is 0 Å². The Labute approximate surface area is 173 Å². The molecule has 2 aromatic heterocycles. The summed E-state index contributed by atoms with van der Waals surface area (Å²) in [5.41, 5.74) is 7.96. The molecule has 1 aromatic carbocycles. The summed E-state index contributed by atoms with van der Waals surface area (Å²) < 4.78 is 3.31. The molecular weight excluding hydrogens is 394 g/mol. The normalized spacial score (nSPS) is 18.2. The van der Waals surface area contributed by atoms with Gasteiger partial charge in [0.1, 0.15) is 5.69 Å². The summed E-state index contributed by atoms with van der Waals surface area (Å²) in [5.74, 6) is -0.657. The molecule has 152 valence electrons. The second-order valence-electron chi connectivity index (χ2n) is 6.86. The lowest BCUT2D eigenvalue weighted by atomic mass is 9.90. The number of nitrogens with two attached hydrogens (primary N) is 1. The number of aromatic nitrogens is 4. The molecule has 0 spiro atoms. The maximum Gasteiger partial charge on any atom is 0.269 e. The van der Waals surface area contributed by atoms with Crippen LogP contribution >= 0.6 is 12.4 Å². The van der Waals surface area contributed by atoms with Gasteiger partial charge in [0.25, 0.3) is 5.91 Å². The molecule has 2 amide bonds. The minimum Gasteiger partial charge on any atom is -0.364 e. The number of hydrogen-bond donors (Lipinski definition) is 3. The van der Waals surface area contributed by atoms with Crippen molar-refractivity contribution in [3.63, 3.8) is 0 Å². The Balaban J connectivity index is 0.00000240. The molecular formula is C19H22ClN7O2. The highest BCUT2D eigenvalue weighted by Gasteiger charge is 2.34. The first-order chi connectivity index (χ1) is 13.5. The third kappa shape index (κ3) is 4.30. The van der Waals surface area contributed by atoms with Crippen molar-refractivity contribution in [2.24, 2.45) is 18.7 Å². The standard InChI is InChI=1S/C19H21N7O2.ClH/c1-25-11-12(8-22-25)15-9-21-10-16(15)19(28)23-13-2-4-14(5-3-13)26-7-6-17(24-26)18(20)27;/h2-8,11,15-16,21H,9-10H2,1H3,(H2,20,27)(H,23,28);1H/t15-,16+;/m1./s1. The zero-order valence-corrected chi connectivity index (χ0v) is 16.6. The van der Waals surface area contributed by atoms with Gasteiger partial charge in [0.15, 0.2) is 0 Å². The van der Waals surface area contributed by atoms with E-state index in [1.54, 1.807) is 33.8 Å². The molecule has 4 N–H and O–H groups in total. The first-order valence-electron chi connectivity index (χ1n) is 8.97. The third-order valence-electron chi connectivity index (χ3n) is 4.94. The van der Waals surface area contributed by atoms with Crippen LogP contribution in [0.5, 0.6) is 0 Å². The second kappa shape index (κ2) is 8.46. The monoisotopic (exact) mass is 415 g/mol. The summed E-state index contributed by atoms with van der Waals surface area (Å²) in [6.45, 7) is 1.39. The summed E-state index contributed by atoms with van der Waals surface area (Å²) in [4.78, 5) is 24.0. The molecule has 0 bridgehead atoms. The minimum absolute atomic E-state index is 0. The van der Waals surface area contributed by atoms with Crippen LogP contribution in [0.2, 0.25) is 0 Å². The van der Waals surface area contributed by atoms with E-state index in [4.69, 9.17) is 5.73 Å². The van der Waals surface area contributed by atoms with Crippen LogP contribution in [0.4, 0.5) is 5.69 Å². The Bertz CT molecular complexity index is 1010. The molecule has 29 heavy (non-hydrogen) atoms. The molecule has 10 heteroatoms. The van der Waals surface area contributed by atoms with E-state index in [9.17, 15) is 9.59 Å². The first-order valence-corrected chi connectivity index (χ1v) is 8.97. The Morgan fingerprint density at radius 3 is 2.59 bits per heavy atom. The molecule has 2 atom stereocenters. The number of primary amides is 1. The van der Waals surface area contributed by atoms with Gasteiger partial charge in [0.05, 0.1) is 17.8 Å². The highest BCUT2D eigenvalue weighted by molar-refractivity contribution is 5.93. The van der Waals surface area contributed by atoms with Gasteiger partial charge in [0.2, 0.25) is 5.91 Å². The number of nitrogens with one attached hydrogen (secondary N) is 2. The van der Waals surface area contributed by atoms with Crippen molar-refractivity contribution >= 4 is 29.9 Å². The fraction of sp³-hybridized carbons (Fsp3) is 0.263. The molecule has 0 radical (unpaired) electrons. The van der Waals surface area contributed by atoms with E-state index in [1.807, 2.05) is 31.6 Å². The van der Waals surface area contributed by atoms with Crippen LogP contribution in [0.15, 0.2) is 48.9 Å². The molecule has 0 unspecified atom stereocenters. The molecule has 9 nitrogen and oxygen atoms in total. The number of nitrogens with zero attached hydrogens (tertiary/aromatic N) is 4. The van der Waals surface area contributed by atoms with Crippen LogP contribution < -0.4 is 16.4 Å². The predicted molar refractivity (Wildman–Crippen MR) is 110 cm³/mol. The summed E-state index contributed by atoms with van der Waals surface area (Å²) in [7, 11) is 1.87. The summed E-state index contributed by atoms with van der Waals surface area (Å²) >= 11 is 0. The first kappa shape index (κ1) is 20.6. The predicted octanol–water partition coefficient (Wildman–Crippen LogP) is 1.07. The lowest BCUT2D eigenvalue weighted by Gasteiger charge is -2.17. The van der Waals surface area contributed by atoms with Gasteiger partial charge < -0.3 is 16.4 Å². The van der Waals surface area contributed by atoms with Gasteiger partial charge in [0, 0.05) is 44.1 Å².